The molecule has 140 valence electrons. The smallest absolute Gasteiger partial charge is 0.262 e. The Morgan fingerprint density at radius 1 is 0.852 bits per heavy atom. The van der Waals surface area contributed by atoms with Crippen LogP contribution < -0.4 is 5.32 Å². The van der Waals surface area contributed by atoms with Crippen molar-refractivity contribution in [3.05, 3.63) is 64.7 Å². The zero-order valence-electron chi connectivity index (χ0n) is 16.1. The quantitative estimate of drug-likeness (QED) is 0.810. The Balaban J connectivity index is 1.84. The molecule has 0 saturated heterocycles. The molecule has 5 nitrogen and oxygen atoms in total. The van der Waals surface area contributed by atoms with E-state index in [2.05, 4.69) is 33.0 Å². The van der Waals surface area contributed by atoms with E-state index in [9.17, 15) is 14.4 Å². The number of nitrogens with one attached hydrogen (secondary N) is 1. The number of nitrogens with zero attached hydrogens (tertiary/aromatic N) is 1. The summed E-state index contributed by atoms with van der Waals surface area (Å²) in [4.78, 5) is 38.7. The topological polar surface area (TPSA) is 66.5 Å². The number of amides is 3. The molecule has 0 atom stereocenters. The molecule has 0 saturated carbocycles. The molecule has 3 amide bonds. The molecule has 0 fully saturated rings. The molecular weight excluding hydrogens is 340 g/mol. The van der Waals surface area contributed by atoms with E-state index in [1.54, 1.807) is 24.3 Å². The first-order chi connectivity index (χ1) is 12.8. The first-order valence-electron chi connectivity index (χ1n) is 9.19. The molecule has 2 aromatic carbocycles. The Morgan fingerprint density at radius 2 is 1.33 bits per heavy atom. The number of hydrogen-bond donors (Lipinski definition) is 1. The molecule has 0 bridgehead atoms. The molecule has 1 aliphatic rings. The molecule has 1 aliphatic heterocycles. The Hall–Kier alpha value is -2.95. The van der Waals surface area contributed by atoms with Crippen LogP contribution in [0.1, 0.15) is 71.4 Å². The molecular formula is C22H24N2O3. The highest BCUT2D eigenvalue weighted by Gasteiger charge is 2.36. The fraction of sp³-hybridized carbons (Fsp3) is 0.318. The average molecular weight is 364 g/mol. The van der Waals surface area contributed by atoms with Crippen LogP contribution in [0.5, 0.6) is 0 Å². The van der Waals surface area contributed by atoms with Crippen LogP contribution in [-0.2, 0) is 4.79 Å². The number of para-hydroxylation sites is 1. The van der Waals surface area contributed by atoms with E-state index in [1.807, 2.05) is 18.2 Å². The third kappa shape index (κ3) is 3.50. The normalized spacial score (nSPS) is 13.5. The highest BCUT2D eigenvalue weighted by molar-refractivity contribution is 6.22. The van der Waals surface area contributed by atoms with E-state index in [0.717, 1.165) is 21.7 Å². The molecule has 0 spiro atoms. The predicted molar refractivity (Wildman–Crippen MR) is 105 cm³/mol. The molecule has 0 aliphatic carbocycles. The van der Waals surface area contributed by atoms with Crippen LogP contribution >= 0.6 is 0 Å². The van der Waals surface area contributed by atoms with Crippen LogP contribution in [0.25, 0.3) is 0 Å². The highest BCUT2D eigenvalue weighted by atomic mass is 16.2. The van der Waals surface area contributed by atoms with Gasteiger partial charge in [-0.05, 0) is 35.1 Å². The van der Waals surface area contributed by atoms with Crippen molar-refractivity contribution in [3.8, 4) is 0 Å². The summed E-state index contributed by atoms with van der Waals surface area (Å²) in [5, 5.41) is 2.95. The van der Waals surface area contributed by atoms with Crippen LogP contribution in [0.4, 0.5) is 5.69 Å². The van der Waals surface area contributed by atoms with Crippen molar-refractivity contribution in [1.82, 2.24) is 4.90 Å². The van der Waals surface area contributed by atoms with Crippen molar-refractivity contribution in [3.63, 3.8) is 0 Å². The third-order valence-corrected chi connectivity index (χ3v) is 4.82. The molecule has 1 N–H and O–H groups in total. The van der Waals surface area contributed by atoms with E-state index in [1.165, 1.54) is 0 Å². The van der Waals surface area contributed by atoms with Gasteiger partial charge < -0.3 is 5.32 Å². The summed E-state index contributed by atoms with van der Waals surface area (Å²) in [5.41, 5.74) is 3.56. The van der Waals surface area contributed by atoms with Crippen molar-refractivity contribution >= 4 is 23.4 Å². The molecule has 3 rings (SSSR count). The van der Waals surface area contributed by atoms with Crippen molar-refractivity contribution in [2.75, 3.05) is 11.9 Å². The lowest BCUT2D eigenvalue weighted by Crippen LogP contribution is -2.37. The minimum Gasteiger partial charge on any atom is -0.324 e. The van der Waals surface area contributed by atoms with E-state index in [0.29, 0.717) is 11.1 Å². The van der Waals surface area contributed by atoms with Crippen molar-refractivity contribution in [1.29, 1.82) is 0 Å². The van der Waals surface area contributed by atoms with E-state index in [4.69, 9.17) is 0 Å². The van der Waals surface area contributed by atoms with Gasteiger partial charge in [-0.25, -0.2) is 0 Å². The van der Waals surface area contributed by atoms with Gasteiger partial charge in [-0.3, -0.25) is 19.3 Å². The summed E-state index contributed by atoms with van der Waals surface area (Å²) in [6.07, 6.45) is 0. The maximum absolute atomic E-state index is 12.7. The standard InChI is InChI=1S/C22H24N2O3/c1-13(2)15-10-7-11-16(14(3)4)20(15)23-19(25)12-24-21(26)17-8-5-6-9-18(17)22(24)27/h5-11,13-14H,12H2,1-4H3,(H,23,25). The lowest BCUT2D eigenvalue weighted by Gasteiger charge is -2.21. The largest absolute Gasteiger partial charge is 0.324 e. The second-order valence-electron chi connectivity index (χ2n) is 7.41. The minimum absolute atomic E-state index is 0.235. The summed E-state index contributed by atoms with van der Waals surface area (Å²) in [6, 6.07) is 12.6. The van der Waals surface area contributed by atoms with Crippen LogP contribution in [0.15, 0.2) is 42.5 Å². The van der Waals surface area contributed by atoms with Crippen molar-refractivity contribution in [2.24, 2.45) is 0 Å². The molecule has 0 unspecified atom stereocenters. The SMILES string of the molecule is CC(C)c1cccc(C(C)C)c1NC(=O)CN1C(=O)c2ccccc2C1=O. The van der Waals surface area contributed by atoms with Crippen LogP contribution in [0, 0.1) is 0 Å². The first-order valence-corrected chi connectivity index (χ1v) is 9.19. The maximum Gasteiger partial charge on any atom is 0.262 e. The number of anilines is 1. The minimum atomic E-state index is -0.424. The number of fused-ring (bicyclic) bond motifs is 1. The van der Waals surface area contributed by atoms with E-state index < -0.39 is 11.8 Å². The van der Waals surface area contributed by atoms with E-state index in [-0.39, 0.29) is 24.3 Å². The number of benzene rings is 2. The Morgan fingerprint density at radius 3 is 1.78 bits per heavy atom. The lowest BCUT2D eigenvalue weighted by molar-refractivity contribution is -0.116. The van der Waals surface area contributed by atoms with Crippen LogP contribution in [-0.4, -0.2) is 29.2 Å². The summed E-state index contributed by atoms with van der Waals surface area (Å²) >= 11 is 0. The second-order valence-corrected chi connectivity index (χ2v) is 7.41. The van der Waals surface area contributed by atoms with Gasteiger partial charge in [0.05, 0.1) is 11.1 Å². The van der Waals surface area contributed by atoms with Gasteiger partial charge in [0.2, 0.25) is 5.91 Å². The fourth-order valence-electron chi connectivity index (χ4n) is 3.40. The number of carbonyl (C=O) groups is 3. The monoisotopic (exact) mass is 364 g/mol. The summed E-state index contributed by atoms with van der Waals surface area (Å²) < 4.78 is 0. The number of hydrogen-bond acceptors (Lipinski definition) is 3. The first kappa shape index (κ1) is 18.8. The number of imide groups is 1. The molecule has 2 aromatic rings. The van der Waals surface area contributed by atoms with Gasteiger partial charge in [-0.15, -0.1) is 0 Å². The maximum atomic E-state index is 12.7. The van der Waals surface area contributed by atoms with Gasteiger partial charge in [-0.1, -0.05) is 58.0 Å². The second kappa shape index (κ2) is 7.35. The average Bonchev–Trinajstić information content (AvgIpc) is 2.86. The van der Waals surface area contributed by atoms with Crippen LogP contribution in [0.3, 0.4) is 0 Å². The van der Waals surface area contributed by atoms with Gasteiger partial charge in [-0.2, -0.15) is 0 Å². The number of rotatable bonds is 5. The highest BCUT2D eigenvalue weighted by Crippen LogP contribution is 2.32. The molecule has 5 heteroatoms. The summed E-state index contributed by atoms with van der Waals surface area (Å²) in [7, 11) is 0. The number of carbonyl (C=O) groups excluding carboxylic acids is 3. The molecule has 0 aromatic heterocycles. The predicted octanol–water partition coefficient (Wildman–Crippen LogP) is 4.17. The zero-order chi connectivity index (χ0) is 19.7. The van der Waals surface area contributed by atoms with Crippen molar-refractivity contribution < 1.29 is 14.4 Å². The lowest BCUT2D eigenvalue weighted by atomic mass is 9.92. The summed E-state index contributed by atoms with van der Waals surface area (Å²) in [6.45, 7) is 7.98. The summed E-state index contributed by atoms with van der Waals surface area (Å²) in [5.74, 6) is -0.755. The Kier molecular flexibility index (Phi) is 5.13. The third-order valence-electron chi connectivity index (χ3n) is 4.82. The molecule has 27 heavy (non-hydrogen) atoms. The van der Waals surface area contributed by atoms with Crippen LogP contribution in [0.2, 0.25) is 0 Å². The Labute approximate surface area is 159 Å². The van der Waals surface area contributed by atoms with Gasteiger partial charge in [0.1, 0.15) is 6.54 Å². The van der Waals surface area contributed by atoms with Crippen molar-refractivity contribution in [2.45, 2.75) is 39.5 Å². The molecule has 1 heterocycles. The zero-order valence-corrected chi connectivity index (χ0v) is 16.1. The Bertz CT molecular complexity index is 854. The van der Waals surface area contributed by atoms with Gasteiger partial charge in [0.25, 0.3) is 11.8 Å². The van der Waals surface area contributed by atoms with Gasteiger partial charge in [0.15, 0.2) is 0 Å². The van der Waals surface area contributed by atoms with E-state index >= 15 is 0 Å². The fourth-order valence-corrected chi connectivity index (χ4v) is 3.40. The molecule has 0 radical (unpaired) electrons. The van der Waals surface area contributed by atoms with Gasteiger partial charge in [0, 0.05) is 5.69 Å². The van der Waals surface area contributed by atoms with Gasteiger partial charge >= 0.3 is 0 Å².